The molecule has 0 aromatic carbocycles. The fourth-order valence-electron chi connectivity index (χ4n) is 19.7. The zero-order valence-corrected chi connectivity index (χ0v) is 64.4. The van der Waals surface area contributed by atoms with Gasteiger partial charge in [0.1, 0.15) is 13.1 Å². The molecular weight excluding hydrogens is 1580 g/mol. The van der Waals surface area contributed by atoms with Gasteiger partial charge in [0, 0.05) is 13.1 Å². The van der Waals surface area contributed by atoms with E-state index in [0.717, 1.165) is 103 Å². The summed E-state index contributed by atoms with van der Waals surface area (Å²) in [6, 6.07) is 0. The van der Waals surface area contributed by atoms with E-state index in [1.807, 2.05) is 0 Å². The maximum atomic E-state index is 11.3. The van der Waals surface area contributed by atoms with Crippen LogP contribution in [-0.4, -0.2) is 136 Å². The Hall–Kier alpha value is -1.83. The Morgan fingerprint density at radius 1 is 0.632 bits per heavy atom. The fraction of sp³-hybridized carbons (Fsp3) is 0.881. The molecule has 17 atom stereocenters. The Morgan fingerprint density at radius 3 is 1.37 bits per heavy atom. The maximum absolute atomic E-state index is 11.3. The second kappa shape index (κ2) is 45.9. The van der Waals surface area contributed by atoms with Crippen LogP contribution in [0.1, 0.15) is 210 Å². The Bertz CT molecular complexity index is 2320. The number of allylic oxidation sites excluding steroid dienone is 2. The van der Waals surface area contributed by atoms with Crippen molar-refractivity contribution >= 4 is 24.2 Å². The molecular formula is C67H121Li2N8O16Pt2-. The van der Waals surface area contributed by atoms with Crippen molar-refractivity contribution in [1.82, 2.24) is 4.90 Å². The molecule has 95 heavy (non-hydrogen) atoms. The number of hydrogen-bond acceptors (Lipinski definition) is 14. The number of hydrogen-bond donors (Lipinski definition) is 3. The van der Waals surface area contributed by atoms with Crippen molar-refractivity contribution in [2.75, 3.05) is 59.5 Å². The van der Waals surface area contributed by atoms with Crippen LogP contribution in [0.15, 0.2) is 23.3 Å². The van der Waals surface area contributed by atoms with Gasteiger partial charge < -0.3 is 89.1 Å². The molecule has 28 heteroatoms. The van der Waals surface area contributed by atoms with Gasteiger partial charge in [-0.15, -0.1) is 20.2 Å². The summed E-state index contributed by atoms with van der Waals surface area (Å²) in [4.78, 5) is 62.4. The first-order chi connectivity index (χ1) is 40.3. The largest absolute Gasteiger partial charge is 2.00 e. The van der Waals surface area contributed by atoms with Crippen molar-refractivity contribution < 1.29 is 154 Å². The topological polar surface area (TPSA) is 447 Å². The van der Waals surface area contributed by atoms with Crippen LogP contribution in [0.2, 0.25) is 0 Å². The smallest absolute Gasteiger partial charge is 0.870 e. The second-order valence-corrected chi connectivity index (χ2v) is 30.2. The van der Waals surface area contributed by atoms with Gasteiger partial charge in [-0.3, -0.25) is 0 Å². The van der Waals surface area contributed by atoms with Gasteiger partial charge in [0.2, 0.25) is 0 Å². The molecule has 0 radical (unpaired) electrons. The van der Waals surface area contributed by atoms with Gasteiger partial charge in [0.25, 0.3) is 10.2 Å². The molecule has 0 aromatic heterocycles. The van der Waals surface area contributed by atoms with E-state index in [1.54, 1.807) is 24.5 Å². The number of nitrogens with zero attached hydrogens (tertiary/aromatic N) is 4. The first-order valence-corrected chi connectivity index (χ1v) is 33.1. The van der Waals surface area contributed by atoms with Crippen LogP contribution in [0.4, 0.5) is 0 Å². The number of quaternary nitrogens is 1. The van der Waals surface area contributed by atoms with Crippen molar-refractivity contribution in [2.24, 2.45) is 92.7 Å². The molecule has 24 nitrogen and oxygen atoms in total. The third kappa shape index (κ3) is 27.8. The van der Waals surface area contributed by atoms with E-state index in [1.165, 1.54) is 114 Å². The third-order valence-corrected chi connectivity index (χ3v) is 23.9. The fourth-order valence-corrected chi connectivity index (χ4v) is 19.7. The van der Waals surface area contributed by atoms with E-state index in [4.69, 9.17) is 40.1 Å². The average molecular weight is 1700 g/mol. The molecule has 0 bridgehead atoms. The van der Waals surface area contributed by atoms with Crippen molar-refractivity contribution in [3.05, 3.63) is 68.1 Å². The molecule has 12 N–H and O–H groups in total. The molecule has 6 saturated carbocycles. The summed E-state index contributed by atoms with van der Waals surface area (Å²) in [6.07, 6.45) is 35.7. The van der Waals surface area contributed by atoms with Crippen LogP contribution in [0.5, 0.6) is 0 Å². The molecule has 8 rings (SSSR count). The zero-order valence-electron chi connectivity index (χ0n) is 59.9. The van der Waals surface area contributed by atoms with Crippen LogP contribution in [0.3, 0.4) is 0 Å². The van der Waals surface area contributed by atoms with Crippen LogP contribution in [-0.2, 0) is 70.8 Å². The summed E-state index contributed by atoms with van der Waals surface area (Å²) in [5.74, 6) is 6.68. The SMILES string of the molecule is CC(C)CCC[C@@H](C)[C@H]1CCC2C3CC=C4C[C@@H](OCCN(C[C-]=O)CC(=O)[O-])CC[C@]4(C)C3CC[C@@]21C.CC(C)CCC[C@@H](C)[C@H]1CCC2C3CC=C4C[C@@H](OCC[N+](C)(CC(=O)[O-])CC(=O)O)CC[C@]4(C)C3CC[C@@]21C.O=[N+]([O-])O.O=[N+]([O-])O.[Li+].[Li+].[NH2-].[NH2-].[NH2-].[NH2-].[OH-].[Pt+2].[Pt+2]. The number of carboxylic acid groups (broad SMARTS) is 3. The predicted octanol–water partition coefficient (Wildman–Crippen LogP) is 7.27. The standard InChI is InChI=1S/C34H57NO5.C33H54NO4.2Li.2HNO3.4H2N.H2O.2Pt/c1-23(2)8-7-9-24(3)28-12-13-29-27-11-10-25-20-26(14-16-33(25,4)30(27)15-17-34(28,29)5)40-19-18-35(6,21-31(36)37)22-32(38)39;1-23(2)7-6-8-24(3)28-11-12-29-27-10-9-25-21-26(38-20-18-34(17-19-35)22-31(36)37)13-15-32(25,4)30(27)14-16-33(28,29)5;;;2*2-1(3)4;;;;;;;/h10,23-24,26-30H,7-9,11-22H2,1-6H3,(H-,36,37,38,39);9,23-24,26-30H,6-8,10-18,20-22H2,1-5H3,(H,36,37);;;2*(H,2,3,4);5*1H2;;/q;-1;2*+1;;;4*-1;;2*+2/p-2/t24-,26+,27?,28-,29?,30?,33+,34-;24-,26+,27?,28-,29?,30?,32+,33-;;;;;;;;;;;/m11.........../s1. The summed E-state index contributed by atoms with van der Waals surface area (Å²) in [6.45, 7) is 25.7. The molecule has 0 spiro atoms. The molecule has 8 aliphatic rings. The molecule has 0 saturated heterocycles. The minimum absolute atomic E-state index is 0. The summed E-state index contributed by atoms with van der Waals surface area (Å²) < 4.78 is 12.4. The number of likely N-dealkylation sites (N-methyl/N-ethyl adjacent to an activating group) is 1. The summed E-state index contributed by atoms with van der Waals surface area (Å²) >= 11 is 0. The van der Waals surface area contributed by atoms with E-state index in [0.29, 0.717) is 42.5 Å². The predicted molar refractivity (Wildman–Crippen MR) is 347 cm³/mol. The van der Waals surface area contributed by atoms with Gasteiger partial charge in [-0.1, -0.05) is 138 Å². The van der Waals surface area contributed by atoms with Crippen molar-refractivity contribution in [2.45, 2.75) is 223 Å². The van der Waals surface area contributed by atoms with Crippen molar-refractivity contribution in [3.8, 4) is 0 Å². The van der Waals surface area contributed by atoms with Gasteiger partial charge in [-0.25, -0.2) is 11.1 Å². The van der Waals surface area contributed by atoms with Gasteiger partial charge in [0.15, 0.2) is 6.54 Å². The van der Waals surface area contributed by atoms with Gasteiger partial charge in [-0.2, -0.15) is 0 Å². The van der Waals surface area contributed by atoms with Gasteiger partial charge in [0.05, 0.1) is 44.4 Å². The first-order valence-electron chi connectivity index (χ1n) is 33.1. The third-order valence-electron chi connectivity index (χ3n) is 23.9. The number of rotatable bonds is 26. The molecule has 548 valence electrons. The van der Waals surface area contributed by atoms with Crippen molar-refractivity contribution in [3.63, 3.8) is 0 Å². The monoisotopic (exact) mass is 1700 g/mol. The Labute approximate surface area is 622 Å². The number of carboxylic acids is 3. The van der Waals surface area contributed by atoms with Crippen LogP contribution in [0, 0.1) is 113 Å². The van der Waals surface area contributed by atoms with Crippen molar-refractivity contribution in [1.29, 1.82) is 0 Å². The molecule has 8 aliphatic carbocycles. The first kappa shape index (κ1) is 102. The molecule has 0 aliphatic heterocycles. The molecule has 6 fully saturated rings. The van der Waals surface area contributed by atoms with Gasteiger partial charge in [-0.05, 0) is 195 Å². The minimum Gasteiger partial charge on any atom is -0.870 e. The van der Waals surface area contributed by atoms with Crippen LogP contribution >= 0.6 is 0 Å². The number of ether oxygens (including phenoxy) is 2. The summed E-state index contributed by atoms with van der Waals surface area (Å²) in [5, 5.41) is 58.7. The number of carbonyl (C=O) groups is 3. The number of fused-ring (bicyclic) bond motifs is 10. The minimum atomic E-state index is -1.50. The molecule has 0 heterocycles. The van der Waals surface area contributed by atoms with Crippen LogP contribution < -0.4 is 47.9 Å². The normalized spacial score (nSPS) is 31.3. The summed E-state index contributed by atoms with van der Waals surface area (Å²) in [5.41, 5.74) is 4.81. The van der Waals surface area contributed by atoms with E-state index in [9.17, 15) is 34.5 Å². The van der Waals surface area contributed by atoms with Crippen LogP contribution in [0.25, 0.3) is 24.6 Å². The Morgan fingerprint density at radius 2 is 1.02 bits per heavy atom. The quantitative estimate of drug-likeness (QED) is 0.0191. The number of aliphatic carboxylic acids is 3. The van der Waals surface area contributed by atoms with E-state index in [-0.39, 0.29) is 158 Å². The number of carbonyl (C=O) groups excluding carboxylic acids is 3. The van der Waals surface area contributed by atoms with E-state index < -0.39 is 28.1 Å². The maximum Gasteiger partial charge on any atom is 2.00 e. The Kier molecular flexibility index (Phi) is 49.2. The van der Waals surface area contributed by atoms with Gasteiger partial charge >= 0.3 is 85.8 Å². The Balaban J connectivity index is -0.000000470. The van der Waals surface area contributed by atoms with E-state index >= 15 is 0 Å². The second-order valence-electron chi connectivity index (χ2n) is 30.2. The molecule has 0 aromatic rings. The summed E-state index contributed by atoms with van der Waals surface area (Å²) in [7, 11) is 1.66. The molecule has 7 unspecified atom stereocenters. The average Bonchev–Trinajstić information content (AvgIpc) is 1.71. The molecule has 0 amide bonds. The zero-order chi connectivity index (χ0) is 64.0. The number of nitrogens with two attached hydrogens (primary N) is 4. The van der Waals surface area contributed by atoms with E-state index in [2.05, 4.69) is 81.4 Å².